The van der Waals surface area contributed by atoms with Crippen molar-refractivity contribution in [2.45, 2.75) is 24.8 Å². The number of rotatable bonds is 5. The van der Waals surface area contributed by atoms with Crippen molar-refractivity contribution in [3.05, 3.63) is 95.1 Å². The normalized spacial score (nSPS) is 11.0. The molecular weight excluding hydrogens is 388 g/mol. The summed E-state index contributed by atoms with van der Waals surface area (Å²) in [5.41, 5.74) is 4.39. The SMILES string of the molecule is Cc1cccc(-c2nnc(SCc3cc(F)ccc3F)n2-c2ccccc2C)c1. The Kier molecular flexibility index (Phi) is 5.45. The first-order valence-electron chi connectivity index (χ1n) is 9.18. The molecule has 0 fully saturated rings. The van der Waals surface area contributed by atoms with E-state index in [9.17, 15) is 8.78 Å². The summed E-state index contributed by atoms with van der Waals surface area (Å²) in [5.74, 6) is 0.0781. The molecule has 3 nitrogen and oxygen atoms in total. The summed E-state index contributed by atoms with van der Waals surface area (Å²) in [4.78, 5) is 0. The number of nitrogens with zero attached hydrogens (tertiary/aromatic N) is 3. The van der Waals surface area contributed by atoms with Gasteiger partial charge in [0, 0.05) is 16.9 Å². The maximum atomic E-state index is 14.1. The summed E-state index contributed by atoms with van der Waals surface area (Å²) < 4.78 is 29.6. The molecule has 4 rings (SSSR count). The fourth-order valence-electron chi connectivity index (χ4n) is 3.16. The minimum Gasteiger partial charge on any atom is -0.270 e. The van der Waals surface area contributed by atoms with Crippen LogP contribution >= 0.6 is 11.8 Å². The second-order valence-corrected chi connectivity index (χ2v) is 7.76. The van der Waals surface area contributed by atoms with Gasteiger partial charge in [0.25, 0.3) is 0 Å². The minimum atomic E-state index is -0.456. The molecule has 0 aliphatic rings. The third-order valence-electron chi connectivity index (χ3n) is 4.63. The number of aromatic nitrogens is 3. The molecule has 0 unspecified atom stereocenters. The zero-order valence-corrected chi connectivity index (χ0v) is 16.9. The molecular formula is C23H19F2N3S. The zero-order chi connectivity index (χ0) is 20.4. The van der Waals surface area contributed by atoms with E-state index >= 15 is 0 Å². The lowest BCUT2D eigenvalue weighted by Crippen LogP contribution is -2.02. The van der Waals surface area contributed by atoms with Crippen molar-refractivity contribution in [1.82, 2.24) is 14.8 Å². The Balaban J connectivity index is 1.78. The quantitative estimate of drug-likeness (QED) is 0.373. The molecule has 3 aromatic carbocycles. The molecule has 0 N–H and O–H groups in total. The standard InChI is InChI=1S/C23H19F2N3S/c1-15-6-5-8-17(12-15)22-26-27-23(28(22)21-9-4-3-7-16(21)2)29-14-18-13-19(24)10-11-20(18)25/h3-13H,14H2,1-2H3. The summed E-state index contributed by atoms with van der Waals surface area (Å²) in [6, 6.07) is 19.5. The average Bonchev–Trinajstić information content (AvgIpc) is 3.13. The van der Waals surface area contributed by atoms with Crippen LogP contribution in [0.2, 0.25) is 0 Å². The predicted octanol–water partition coefficient (Wildman–Crippen LogP) is 6.12. The van der Waals surface area contributed by atoms with Crippen molar-refractivity contribution in [2.24, 2.45) is 0 Å². The van der Waals surface area contributed by atoms with Gasteiger partial charge in [-0.15, -0.1) is 10.2 Å². The van der Waals surface area contributed by atoms with Crippen LogP contribution in [0.1, 0.15) is 16.7 Å². The number of benzene rings is 3. The lowest BCUT2D eigenvalue weighted by atomic mass is 10.1. The Bertz CT molecular complexity index is 1170. The van der Waals surface area contributed by atoms with E-state index in [0.717, 1.165) is 34.5 Å². The second-order valence-electron chi connectivity index (χ2n) is 6.82. The van der Waals surface area contributed by atoms with Crippen LogP contribution in [0, 0.1) is 25.5 Å². The van der Waals surface area contributed by atoms with Crippen LogP contribution < -0.4 is 0 Å². The van der Waals surface area contributed by atoms with Crippen molar-refractivity contribution in [3.63, 3.8) is 0 Å². The van der Waals surface area contributed by atoms with Crippen LogP contribution in [0.3, 0.4) is 0 Å². The summed E-state index contributed by atoms with van der Waals surface area (Å²) in [6.07, 6.45) is 0. The number of thioether (sulfide) groups is 1. The van der Waals surface area contributed by atoms with E-state index in [1.165, 1.54) is 17.8 Å². The Hall–Kier alpha value is -2.99. The summed E-state index contributed by atoms with van der Waals surface area (Å²) >= 11 is 1.33. The van der Waals surface area contributed by atoms with Crippen LogP contribution in [-0.4, -0.2) is 14.8 Å². The molecule has 146 valence electrons. The smallest absolute Gasteiger partial charge is 0.196 e. The lowest BCUT2D eigenvalue weighted by molar-refractivity contribution is 0.591. The van der Waals surface area contributed by atoms with E-state index in [1.54, 1.807) is 0 Å². The van der Waals surface area contributed by atoms with Gasteiger partial charge in [0.15, 0.2) is 11.0 Å². The van der Waals surface area contributed by atoms with Crippen LogP contribution in [0.25, 0.3) is 17.1 Å². The Morgan fingerprint density at radius 3 is 2.52 bits per heavy atom. The number of hydrogen-bond acceptors (Lipinski definition) is 3. The molecule has 0 aliphatic carbocycles. The van der Waals surface area contributed by atoms with E-state index in [-0.39, 0.29) is 5.75 Å². The van der Waals surface area contributed by atoms with Gasteiger partial charge in [-0.25, -0.2) is 8.78 Å². The molecule has 1 heterocycles. The van der Waals surface area contributed by atoms with Crippen LogP contribution in [0.5, 0.6) is 0 Å². The van der Waals surface area contributed by atoms with Gasteiger partial charge in [-0.1, -0.05) is 53.7 Å². The van der Waals surface area contributed by atoms with Gasteiger partial charge in [-0.05, 0) is 49.7 Å². The topological polar surface area (TPSA) is 30.7 Å². The van der Waals surface area contributed by atoms with Gasteiger partial charge in [0.05, 0.1) is 5.69 Å². The first-order chi connectivity index (χ1) is 14.0. The van der Waals surface area contributed by atoms with Gasteiger partial charge in [-0.2, -0.15) is 0 Å². The molecule has 0 atom stereocenters. The molecule has 4 aromatic rings. The molecule has 0 radical (unpaired) electrons. The third-order valence-corrected chi connectivity index (χ3v) is 5.61. The molecule has 0 aliphatic heterocycles. The lowest BCUT2D eigenvalue weighted by Gasteiger charge is -2.13. The van der Waals surface area contributed by atoms with E-state index in [0.29, 0.717) is 16.5 Å². The summed E-state index contributed by atoms with van der Waals surface area (Å²) in [5, 5.41) is 9.41. The van der Waals surface area contributed by atoms with Crippen LogP contribution in [-0.2, 0) is 5.75 Å². The molecule has 0 saturated carbocycles. The highest BCUT2D eigenvalue weighted by atomic mass is 32.2. The molecule has 0 bridgehead atoms. The van der Waals surface area contributed by atoms with Crippen molar-refractivity contribution in [1.29, 1.82) is 0 Å². The highest BCUT2D eigenvalue weighted by Gasteiger charge is 2.18. The maximum Gasteiger partial charge on any atom is 0.196 e. The summed E-state index contributed by atoms with van der Waals surface area (Å²) in [7, 11) is 0. The van der Waals surface area contributed by atoms with Gasteiger partial charge in [-0.3, -0.25) is 4.57 Å². The zero-order valence-electron chi connectivity index (χ0n) is 16.1. The van der Waals surface area contributed by atoms with Gasteiger partial charge in [0.2, 0.25) is 0 Å². The van der Waals surface area contributed by atoms with Crippen LogP contribution in [0.4, 0.5) is 8.78 Å². The monoisotopic (exact) mass is 407 g/mol. The number of halogens is 2. The highest BCUT2D eigenvalue weighted by molar-refractivity contribution is 7.98. The van der Waals surface area contributed by atoms with Crippen LogP contribution in [0.15, 0.2) is 71.9 Å². The molecule has 1 aromatic heterocycles. The second kappa shape index (κ2) is 8.17. The average molecular weight is 407 g/mol. The van der Waals surface area contributed by atoms with Crippen molar-refractivity contribution in [3.8, 4) is 17.1 Å². The van der Waals surface area contributed by atoms with E-state index < -0.39 is 11.6 Å². The largest absolute Gasteiger partial charge is 0.270 e. The fraction of sp³-hybridized carbons (Fsp3) is 0.130. The van der Waals surface area contributed by atoms with Gasteiger partial charge < -0.3 is 0 Å². The van der Waals surface area contributed by atoms with Gasteiger partial charge in [0.1, 0.15) is 11.6 Å². The summed E-state index contributed by atoms with van der Waals surface area (Å²) in [6.45, 7) is 4.05. The first-order valence-corrected chi connectivity index (χ1v) is 10.2. The first kappa shape index (κ1) is 19.3. The van der Waals surface area contributed by atoms with E-state index in [2.05, 4.69) is 16.3 Å². The third kappa shape index (κ3) is 4.07. The number of para-hydroxylation sites is 1. The molecule has 0 saturated heterocycles. The Labute approximate surface area is 172 Å². The molecule has 29 heavy (non-hydrogen) atoms. The Morgan fingerprint density at radius 1 is 0.897 bits per heavy atom. The molecule has 0 spiro atoms. The van der Waals surface area contributed by atoms with Crippen molar-refractivity contribution < 1.29 is 8.78 Å². The van der Waals surface area contributed by atoms with Gasteiger partial charge >= 0.3 is 0 Å². The van der Waals surface area contributed by atoms with Crippen molar-refractivity contribution in [2.75, 3.05) is 0 Å². The predicted molar refractivity (Wildman–Crippen MR) is 112 cm³/mol. The highest BCUT2D eigenvalue weighted by Crippen LogP contribution is 2.31. The molecule has 0 amide bonds. The fourth-order valence-corrected chi connectivity index (χ4v) is 4.08. The van der Waals surface area contributed by atoms with E-state index in [1.807, 2.05) is 60.9 Å². The minimum absolute atomic E-state index is 0.251. The Morgan fingerprint density at radius 2 is 1.72 bits per heavy atom. The van der Waals surface area contributed by atoms with Crippen molar-refractivity contribution >= 4 is 11.8 Å². The number of aryl methyl sites for hydroxylation is 2. The molecule has 6 heteroatoms. The number of hydrogen-bond donors (Lipinski definition) is 0. The van der Waals surface area contributed by atoms with E-state index in [4.69, 9.17) is 0 Å². The maximum absolute atomic E-state index is 14.1.